The van der Waals surface area contributed by atoms with E-state index in [4.69, 9.17) is 9.47 Å². The van der Waals surface area contributed by atoms with E-state index in [1.165, 1.54) is 54.6 Å². The van der Waals surface area contributed by atoms with Crippen LogP contribution >= 0.6 is 0 Å². The first-order valence-electron chi connectivity index (χ1n) is 9.32. The Kier molecular flexibility index (Phi) is 6.99. The molecule has 0 fully saturated rings. The summed E-state index contributed by atoms with van der Waals surface area (Å²) in [4.78, 5) is 21.9. The summed E-state index contributed by atoms with van der Waals surface area (Å²) in [7, 11) is 0. The van der Waals surface area contributed by atoms with Crippen LogP contribution in [0.15, 0.2) is 72.8 Å². The Labute approximate surface area is 188 Å². The summed E-state index contributed by atoms with van der Waals surface area (Å²) in [5.41, 5.74) is -0.136. The van der Waals surface area contributed by atoms with Crippen LogP contribution in [0, 0.1) is 0 Å². The molecule has 0 atom stereocenters. The van der Waals surface area contributed by atoms with Gasteiger partial charge in [-0.05, 0) is 60.7 Å². The molecule has 3 aromatic rings. The van der Waals surface area contributed by atoms with Gasteiger partial charge >= 0.3 is 24.2 Å². The number of nitrogens with one attached hydrogen (secondary N) is 2. The fourth-order valence-corrected chi connectivity index (χ4v) is 2.49. The zero-order valence-electron chi connectivity index (χ0n) is 16.8. The summed E-state index contributed by atoms with van der Waals surface area (Å²) in [5.74, 6) is -3.01. The highest BCUT2D eigenvalue weighted by Gasteiger charge is 2.39. The first-order chi connectivity index (χ1) is 15.9. The van der Waals surface area contributed by atoms with Gasteiger partial charge in [0.1, 0.15) is 23.0 Å². The number of ether oxygens (including phenoxy) is 2. The highest BCUT2D eigenvalue weighted by molar-refractivity contribution is 5.95. The van der Waals surface area contributed by atoms with E-state index < -0.39 is 24.2 Å². The van der Waals surface area contributed by atoms with Crippen molar-refractivity contribution in [3.05, 3.63) is 72.8 Å². The minimum Gasteiger partial charge on any atom is -0.457 e. The summed E-state index contributed by atoms with van der Waals surface area (Å²) < 4.78 is 85.0. The molecule has 2 N–H and O–H groups in total. The first kappa shape index (κ1) is 24.4. The van der Waals surface area contributed by atoms with Crippen LogP contribution in [-0.4, -0.2) is 24.2 Å². The Balaban J connectivity index is 1.61. The van der Waals surface area contributed by atoms with E-state index in [1.54, 1.807) is 28.8 Å². The number of benzene rings is 3. The maximum atomic E-state index is 12.3. The number of amides is 2. The molecule has 0 aliphatic carbocycles. The molecule has 3 aromatic carbocycles. The molecule has 0 saturated carbocycles. The predicted octanol–water partition coefficient (Wildman–Crippen LogP) is 6.27. The van der Waals surface area contributed by atoms with E-state index in [2.05, 4.69) is 0 Å². The van der Waals surface area contributed by atoms with Crippen molar-refractivity contribution < 1.29 is 45.4 Å². The lowest BCUT2D eigenvalue weighted by Gasteiger charge is -2.11. The molecular weight excluding hydrogens is 470 g/mol. The van der Waals surface area contributed by atoms with Crippen LogP contribution in [0.2, 0.25) is 0 Å². The molecule has 0 spiro atoms. The Hall–Kier alpha value is -4.22. The van der Waals surface area contributed by atoms with Gasteiger partial charge < -0.3 is 20.1 Å². The molecule has 2 amide bonds. The molecule has 178 valence electrons. The number of anilines is 2. The lowest BCUT2D eigenvalue weighted by molar-refractivity contribution is -0.167. The van der Waals surface area contributed by atoms with Crippen molar-refractivity contribution in [2.24, 2.45) is 0 Å². The first-order valence-corrected chi connectivity index (χ1v) is 9.32. The monoisotopic (exact) mass is 484 g/mol. The summed E-state index contributed by atoms with van der Waals surface area (Å²) >= 11 is 0. The second-order valence-corrected chi connectivity index (χ2v) is 6.63. The van der Waals surface area contributed by atoms with Crippen molar-refractivity contribution in [1.82, 2.24) is 0 Å². The van der Waals surface area contributed by atoms with Crippen molar-refractivity contribution in [3.8, 4) is 23.0 Å². The molecule has 0 heterocycles. The average molecular weight is 484 g/mol. The number of halogens is 6. The van der Waals surface area contributed by atoms with Gasteiger partial charge in [-0.3, -0.25) is 9.59 Å². The normalized spacial score (nSPS) is 11.5. The fourth-order valence-electron chi connectivity index (χ4n) is 2.49. The zero-order valence-corrected chi connectivity index (χ0v) is 16.8. The maximum Gasteiger partial charge on any atom is 0.471 e. The fraction of sp³-hybridized carbons (Fsp3) is 0.0909. The molecule has 6 nitrogen and oxygen atoms in total. The van der Waals surface area contributed by atoms with E-state index in [-0.39, 0.29) is 22.9 Å². The standard InChI is InChI=1S/C22H14F6N2O4/c23-21(24,25)19(31)29-13-4-8-15(9-5-13)33-17-2-1-3-18(12-17)34-16-10-6-14(7-11-16)30-20(32)22(26,27)28/h1-12H,(H,29,31)(H,30,32). The number of alkyl halides is 6. The molecule has 0 radical (unpaired) electrons. The van der Waals surface area contributed by atoms with Crippen LogP contribution in [0.25, 0.3) is 0 Å². The van der Waals surface area contributed by atoms with Crippen molar-refractivity contribution in [3.63, 3.8) is 0 Å². The molecule has 0 aliphatic heterocycles. The number of hydrogen-bond acceptors (Lipinski definition) is 4. The van der Waals surface area contributed by atoms with Crippen LogP contribution in [0.4, 0.5) is 37.7 Å². The molecule has 0 bridgehead atoms. The van der Waals surface area contributed by atoms with Crippen LogP contribution in [0.1, 0.15) is 0 Å². The highest BCUT2D eigenvalue weighted by atomic mass is 19.4. The van der Waals surface area contributed by atoms with Crippen LogP contribution in [0.3, 0.4) is 0 Å². The van der Waals surface area contributed by atoms with Crippen LogP contribution < -0.4 is 20.1 Å². The zero-order chi connectivity index (χ0) is 24.9. The Morgan fingerprint density at radius 1 is 0.559 bits per heavy atom. The van der Waals surface area contributed by atoms with E-state index in [0.29, 0.717) is 11.5 Å². The van der Waals surface area contributed by atoms with Gasteiger partial charge in [-0.25, -0.2) is 0 Å². The van der Waals surface area contributed by atoms with E-state index >= 15 is 0 Å². The Morgan fingerprint density at radius 3 is 1.24 bits per heavy atom. The van der Waals surface area contributed by atoms with Gasteiger partial charge in [0.05, 0.1) is 0 Å². The van der Waals surface area contributed by atoms with Crippen molar-refractivity contribution in [2.75, 3.05) is 10.6 Å². The maximum absolute atomic E-state index is 12.3. The summed E-state index contributed by atoms with van der Waals surface area (Å²) in [6.07, 6.45) is -10.0. The highest BCUT2D eigenvalue weighted by Crippen LogP contribution is 2.30. The van der Waals surface area contributed by atoms with E-state index in [9.17, 15) is 35.9 Å². The van der Waals surface area contributed by atoms with E-state index in [0.717, 1.165) is 0 Å². The second kappa shape index (κ2) is 9.73. The van der Waals surface area contributed by atoms with E-state index in [1.807, 2.05) is 0 Å². The van der Waals surface area contributed by atoms with Crippen molar-refractivity contribution in [2.45, 2.75) is 12.4 Å². The quantitative estimate of drug-likeness (QED) is 0.404. The molecule has 12 heteroatoms. The summed E-state index contributed by atoms with van der Waals surface area (Å²) in [6.45, 7) is 0. The summed E-state index contributed by atoms with van der Waals surface area (Å²) in [6, 6.07) is 16.6. The lowest BCUT2D eigenvalue weighted by Crippen LogP contribution is -2.29. The third-order valence-corrected chi connectivity index (χ3v) is 4.02. The van der Waals surface area contributed by atoms with Gasteiger partial charge in [-0.2, -0.15) is 26.3 Å². The third-order valence-electron chi connectivity index (χ3n) is 4.02. The molecule has 3 rings (SSSR count). The SMILES string of the molecule is O=C(Nc1ccc(Oc2cccc(Oc3ccc(NC(=O)C(F)(F)F)cc3)c2)cc1)C(F)(F)F. The van der Waals surface area contributed by atoms with Gasteiger partial charge in [0.15, 0.2) is 0 Å². The molecule has 0 unspecified atom stereocenters. The molecular formula is C22H14F6N2O4. The third kappa shape index (κ3) is 6.89. The lowest BCUT2D eigenvalue weighted by atomic mass is 10.2. The smallest absolute Gasteiger partial charge is 0.457 e. The Morgan fingerprint density at radius 2 is 0.912 bits per heavy atom. The predicted molar refractivity (Wildman–Crippen MR) is 109 cm³/mol. The van der Waals surface area contributed by atoms with Gasteiger partial charge in [0.25, 0.3) is 0 Å². The average Bonchev–Trinajstić information content (AvgIpc) is 2.75. The molecule has 0 aliphatic rings. The van der Waals surface area contributed by atoms with Gasteiger partial charge in [-0.1, -0.05) is 6.07 Å². The molecule has 0 aromatic heterocycles. The Bertz CT molecular complexity index is 1070. The number of rotatable bonds is 6. The molecule has 0 saturated heterocycles. The topological polar surface area (TPSA) is 76.7 Å². The van der Waals surface area contributed by atoms with Crippen molar-refractivity contribution >= 4 is 23.2 Å². The van der Waals surface area contributed by atoms with Gasteiger partial charge in [0.2, 0.25) is 0 Å². The molecule has 34 heavy (non-hydrogen) atoms. The minimum absolute atomic E-state index is 0.0679. The summed E-state index contributed by atoms with van der Waals surface area (Å²) in [5, 5.41) is 3.43. The van der Waals surface area contributed by atoms with Gasteiger partial charge in [0, 0.05) is 17.4 Å². The minimum atomic E-state index is -5.01. The van der Waals surface area contributed by atoms with Crippen molar-refractivity contribution in [1.29, 1.82) is 0 Å². The number of carbonyl (C=O) groups excluding carboxylic acids is 2. The second-order valence-electron chi connectivity index (χ2n) is 6.63. The number of carbonyl (C=O) groups is 2. The van der Waals surface area contributed by atoms with Crippen LogP contribution in [0.5, 0.6) is 23.0 Å². The number of hydrogen-bond donors (Lipinski definition) is 2. The van der Waals surface area contributed by atoms with Crippen LogP contribution in [-0.2, 0) is 9.59 Å². The largest absolute Gasteiger partial charge is 0.471 e. The van der Waals surface area contributed by atoms with Gasteiger partial charge in [-0.15, -0.1) is 0 Å².